The highest BCUT2D eigenvalue weighted by Crippen LogP contribution is 2.17. The first kappa shape index (κ1) is 8.90. The topological polar surface area (TPSA) is 61.0 Å². The number of hydrogen-bond acceptors (Lipinski definition) is 4. The van der Waals surface area contributed by atoms with Crippen LogP contribution in [0.3, 0.4) is 0 Å². The van der Waals surface area contributed by atoms with Crippen LogP contribution in [-0.4, -0.2) is 17.1 Å². The summed E-state index contributed by atoms with van der Waals surface area (Å²) in [5.41, 5.74) is 6.32. The van der Waals surface area contributed by atoms with Crippen molar-refractivity contribution in [3.05, 3.63) is 30.2 Å². The van der Waals surface area contributed by atoms with E-state index in [0.717, 1.165) is 16.7 Å². The van der Waals surface area contributed by atoms with Crippen LogP contribution in [-0.2, 0) is 6.54 Å². The zero-order valence-electron chi connectivity index (χ0n) is 7.90. The summed E-state index contributed by atoms with van der Waals surface area (Å²) < 4.78 is 5.10. The van der Waals surface area contributed by atoms with Crippen molar-refractivity contribution in [3.63, 3.8) is 0 Å². The Morgan fingerprint density at radius 3 is 3.00 bits per heavy atom. The number of rotatable bonds is 2. The maximum atomic E-state index is 5.46. The van der Waals surface area contributed by atoms with Crippen molar-refractivity contribution in [1.29, 1.82) is 0 Å². The summed E-state index contributed by atoms with van der Waals surface area (Å²) in [4.78, 5) is 8.39. The highest BCUT2D eigenvalue weighted by atomic mass is 16.5. The molecule has 0 amide bonds. The van der Waals surface area contributed by atoms with Gasteiger partial charge in [-0.1, -0.05) is 0 Å². The minimum absolute atomic E-state index is 0.354. The first-order valence-electron chi connectivity index (χ1n) is 4.33. The van der Waals surface area contributed by atoms with Crippen LogP contribution in [0.25, 0.3) is 10.9 Å². The van der Waals surface area contributed by atoms with E-state index in [1.54, 1.807) is 13.3 Å². The Kier molecular flexibility index (Phi) is 2.28. The molecule has 0 aliphatic heterocycles. The summed E-state index contributed by atoms with van der Waals surface area (Å²) in [6, 6.07) is 5.68. The molecule has 0 radical (unpaired) electrons. The van der Waals surface area contributed by atoms with E-state index < -0.39 is 0 Å². The number of nitrogens with zero attached hydrogens (tertiary/aromatic N) is 2. The number of fused-ring (bicyclic) bond motifs is 1. The van der Waals surface area contributed by atoms with Crippen LogP contribution >= 0.6 is 0 Å². The third-order valence-corrected chi connectivity index (χ3v) is 2.02. The van der Waals surface area contributed by atoms with Crippen LogP contribution in [0.5, 0.6) is 5.75 Å². The van der Waals surface area contributed by atoms with Gasteiger partial charge < -0.3 is 10.5 Å². The van der Waals surface area contributed by atoms with Gasteiger partial charge in [-0.05, 0) is 12.1 Å². The Morgan fingerprint density at radius 1 is 1.43 bits per heavy atom. The molecular weight excluding hydrogens is 178 g/mol. The quantitative estimate of drug-likeness (QED) is 0.768. The van der Waals surface area contributed by atoms with Gasteiger partial charge in [0.25, 0.3) is 0 Å². The van der Waals surface area contributed by atoms with Crippen molar-refractivity contribution in [2.75, 3.05) is 7.11 Å². The number of benzene rings is 1. The highest BCUT2D eigenvalue weighted by Gasteiger charge is 1.99. The van der Waals surface area contributed by atoms with Crippen molar-refractivity contribution < 1.29 is 4.74 Å². The van der Waals surface area contributed by atoms with Crippen molar-refractivity contribution in [3.8, 4) is 5.75 Å². The van der Waals surface area contributed by atoms with E-state index in [-0.39, 0.29) is 0 Å². The van der Waals surface area contributed by atoms with E-state index >= 15 is 0 Å². The first-order valence-corrected chi connectivity index (χ1v) is 4.33. The molecule has 0 saturated carbocycles. The monoisotopic (exact) mass is 189 g/mol. The lowest BCUT2D eigenvalue weighted by Crippen LogP contribution is -2.02. The molecule has 1 heterocycles. The Hall–Kier alpha value is -1.68. The molecule has 2 aromatic rings. The van der Waals surface area contributed by atoms with Gasteiger partial charge in [-0.2, -0.15) is 0 Å². The Balaban J connectivity index is 2.60. The zero-order valence-corrected chi connectivity index (χ0v) is 7.90. The lowest BCUT2D eigenvalue weighted by molar-refractivity contribution is 0.415. The molecule has 4 heteroatoms. The SMILES string of the molecule is COc1ccc2cnc(CN)nc2c1. The molecule has 4 nitrogen and oxygen atoms in total. The summed E-state index contributed by atoms with van der Waals surface area (Å²) in [7, 11) is 1.63. The molecule has 0 bridgehead atoms. The maximum Gasteiger partial charge on any atom is 0.142 e. The number of ether oxygens (including phenoxy) is 1. The van der Waals surface area contributed by atoms with Gasteiger partial charge in [-0.3, -0.25) is 0 Å². The second-order valence-corrected chi connectivity index (χ2v) is 2.92. The molecule has 0 fully saturated rings. The van der Waals surface area contributed by atoms with Gasteiger partial charge >= 0.3 is 0 Å². The molecule has 1 aromatic heterocycles. The number of aromatic nitrogens is 2. The van der Waals surface area contributed by atoms with E-state index in [2.05, 4.69) is 9.97 Å². The second kappa shape index (κ2) is 3.59. The Bertz CT molecular complexity index is 417. The predicted octanol–water partition coefficient (Wildman–Crippen LogP) is 1.10. The molecule has 0 saturated heterocycles. The fourth-order valence-corrected chi connectivity index (χ4v) is 1.27. The number of nitrogens with two attached hydrogens (primary N) is 1. The van der Waals surface area contributed by atoms with Crippen LogP contribution < -0.4 is 10.5 Å². The van der Waals surface area contributed by atoms with E-state index in [0.29, 0.717) is 12.4 Å². The average Bonchev–Trinajstić information content (AvgIpc) is 2.27. The summed E-state index contributed by atoms with van der Waals surface area (Å²) >= 11 is 0. The molecular formula is C10H11N3O. The lowest BCUT2D eigenvalue weighted by atomic mass is 10.2. The van der Waals surface area contributed by atoms with Gasteiger partial charge in [0, 0.05) is 17.6 Å². The van der Waals surface area contributed by atoms with Crippen molar-refractivity contribution in [2.45, 2.75) is 6.54 Å². The van der Waals surface area contributed by atoms with Crippen molar-refractivity contribution >= 4 is 10.9 Å². The third kappa shape index (κ3) is 1.52. The second-order valence-electron chi connectivity index (χ2n) is 2.92. The molecule has 1 aromatic carbocycles. The molecule has 14 heavy (non-hydrogen) atoms. The summed E-state index contributed by atoms with van der Waals surface area (Å²) in [6.45, 7) is 0.354. The maximum absolute atomic E-state index is 5.46. The van der Waals surface area contributed by atoms with Gasteiger partial charge in [0.05, 0.1) is 19.2 Å². The normalized spacial score (nSPS) is 10.4. The Morgan fingerprint density at radius 2 is 2.29 bits per heavy atom. The smallest absolute Gasteiger partial charge is 0.142 e. The van der Waals surface area contributed by atoms with E-state index in [9.17, 15) is 0 Å². The van der Waals surface area contributed by atoms with Crippen LogP contribution in [0, 0.1) is 0 Å². The van der Waals surface area contributed by atoms with Gasteiger partial charge in [0.1, 0.15) is 11.6 Å². The minimum Gasteiger partial charge on any atom is -0.497 e. The Labute approximate surface area is 81.7 Å². The van der Waals surface area contributed by atoms with Crippen molar-refractivity contribution in [2.24, 2.45) is 5.73 Å². The first-order chi connectivity index (χ1) is 6.83. The summed E-state index contributed by atoms with van der Waals surface area (Å²) in [5.74, 6) is 1.44. The summed E-state index contributed by atoms with van der Waals surface area (Å²) in [5, 5.41) is 0.989. The molecule has 2 rings (SSSR count). The van der Waals surface area contributed by atoms with Crippen LogP contribution in [0.15, 0.2) is 24.4 Å². The van der Waals surface area contributed by atoms with Gasteiger partial charge in [-0.15, -0.1) is 0 Å². The van der Waals surface area contributed by atoms with E-state index in [1.807, 2.05) is 18.2 Å². The van der Waals surface area contributed by atoms with Gasteiger partial charge in [0.2, 0.25) is 0 Å². The van der Waals surface area contributed by atoms with Crippen LogP contribution in [0.1, 0.15) is 5.82 Å². The predicted molar refractivity (Wildman–Crippen MR) is 54.0 cm³/mol. The van der Waals surface area contributed by atoms with Crippen LogP contribution in [0.2, 0.25) is 0 Å². The van der Waals surface area contributed by atoms with E-state index in [4.69, 9.17) is 10.5 Å². The molecule has 72 valence electrons. The van der Waals surface area contributed by atoms with Crippen LogP contribution in [0.4, 0.5) is 0 Å². The fraction of sp³-hybridized carbons (Fsp3) is 0.200. The molecule has 0 aliphatic rings. The summed E-state index contributed by atoms with van der Waals surface area (Å²) in [6.07, 6.45) is 1.77. The van der Waals surface area contributed by atoms with Crippen molar-refractivity contribution in [1.82, 2.24) is 9.97 Å². The molecule has 0 atom stereocenters. The largest absolute Gasteiger partial charge is 0.497 e. The lowest BCUT2D eigenvalue weighted by Gasteiger charge is -2.02. The third-order valence-electron chi connectivity index (χ3n) is 2.02. The average molecular weight is 189 g/mol. The standard InChI is InChI=1S/C10H11N3O/c1-14-8-3-2-7-6-12-10(5-11)13-9(7)4-8/h2-4,6H,5,11H2,1H3. The number of hydrogen-bond donors (Lipinski definition) is 1. The molecule has 0 spiro atoms. The highest BCUT2D eigenvalue weighted by molar-refractivity contribution is 5.79. The zero-order chi connectivity index (χ0) is 9.97. The van der Waals surface area contributed by atoms with Gasteiger partial charge in [-0.25, -0.2) is 9.97 Å². The molecule has 0 unspecified atom stereocenters. The van der Waals surface area contributed by atoms with Gasteiger partial charge in [0.15, 0.2) is 0 Å². The minimum atomic E-state index is 0.354. The van der Waals surface area contributed by atoms with E-state index in [1.165, 1.54) is 0 Å². The fourth-order valence-electron chi connectivity index (χ4n) is 1.27. The molecule has 2 N–H and O–H groups in total. The molecule has 0 aliphatic carbocycles. The number of methoxy groups -OCH3 is 1.